The predicted octanol–water partition coefficient (Wildman–Crippen LogP) is 3.97. The molecule has 98 valence electrons. The van der Waals surface area contributed by atoms with Crippen molar-refractivity contribution in [1.29, 1.82) is 0 Å². The van der Waals surface area contributed by atoms with E-state index < -0.39 is 0 Å². The first kappa shape index (κ1) is 13.0. The Morgan fingerprint density at radius 3 is 2.84 bits per heavy atom. The van der Waals surface area contributed by atoms with Crippen LogP contribution in [0, 0.1) is 0 Å². The minimum atomic E-state index is 0.500. The van der Waals surface area contributed by atoms with E-state index in [2.05, 4.69) is 22.2 Å². The molecule has 0 radical (unpaired) electrons. The number of aromatic nitrogens is 3. The molecule has 4 nitrogen and oxygen atoms in total. The summed E-state index contributed by atoms with van der Waals surface area (Å²) in [6, 6.07) is 5.40. The highest BCUT2D eigenvalue weighted by Crippen LogP contribution is 2.31. The molecular formula is C12H10Cl2N4S. The van der Waals surface area contributed by atoms with Gasteiger partial charge in [0.05, 0.1) is 10.0 Å². The molecule has 2 aromatic rings. The summed E-state index contributed by atoms with van der Waals surface area (Å²) in [5.41, 5.74) is 1.98. The van der Waals surface area contributed by atoms with Gasteiger partial charge in [0.25, 0.3) is 0 Å². The van der Waals surface area contributed by atoms with Gasteiger partial charge in [-0.1, -0.05) is 41.9 Å². The molecule has 7 heteroatoms. The predicted molar refractivity (Wildman–Crippen MR) is 79.3 cm³/mol. The minimum absolute atomic E-state index is 0.500. The number of hydrogen-bond donors (Lipinski definition) is 0. The number of hydrogen-bond acceptors (Lipinski definition) is 4. The van der Waals surface area contributed by atoms with Gasteiger partial charge in [-0.2, -0.15) is 9.78 Å². The zero-order valence-electron chi connectivity index (χ0n) is 10.1. The maximum absolute atomic E-state index is 6.04. The van der Waals surface area contributed by atoms with E-state index in [1.165, 1.54) is 0 Å². The molecule has 0 spiro atoms. The fourth-order valence-electron chi connectivity index (χ4n) is 1.75. The Hall–Kier alpha value is -1.04. The zero-order chi connectivity index (χ0) is 13.4. The first-order valence-electron chi connectivity index (χ1n) is 5.79. The summed E-state index contributed by atoms with van der Waals surface area (Å²) in [6.45, 7) is 2.09. The molecule has 1 aliphatic heterocycles. The monoisotopic (exact) mass is 312 g/mol. The molecule has 19 heavy (non-hydrogen) atoms. The number of benzene rings is 1. The number of nitrogens with zero attached hydrogens (tertiary/aromatic N) is 4. The molecule has 0 atom stereocenters. The average molecular weight is 313 g/mol. The fraction of sp³-hybridized carbons (Fsp3) is 0.250. The zero-order valence-corrected chi connectivity index (χ0v) is 12.4. The van der Waals surface area contributed by atoms with Crippen LogP contribution in [-0.4, -0.2) is 26.3 Å². The minimum Gasteiger partial charge on any atom is -0.187 e. The van der Waals surface area contributed by atoms with Crippen molar-refractivity contribution in [2.24, 2.45) is 5.10 Å². The summed E-state index contributed by atoms with van der Waals surface area (Å²) in [6.07, 6.45) is 0.922. The van der Waals surface area contributed by atoms with Crippen molar-refractivity contribution >= 4 is 40.7 Å². The maximum atomic E-state index is 6.04. The van der Waals surface area contributed by atoms with Gasteiger partial charge in [0.1, 0.15) is 0 Å². The van der Waals surface area contributed by atoms with Gasteiger partial charge in [-0.25, -0.2) is 0 Å². The standard InChI is InChI=1S/C12H10Cl2N4S/c1-2-8-6-19-12-16-15-11(18(12)17-8)7-3-4-9(13)10(14)5-7/h3-5H,2,6H2,1H3. The Bertz CT molecular complexity index is 666. The van der Waals surface area contributed by atoms with Gasteiger partial charge in [0, 0.05) is 17.0 Å². The molecule has 1 aliphatic rings. The smallest absolute Gasteiger partial charge is 0.187 e. The number of thioether (sulfide) groups is 1. The van der Waals surface area contributed by atoms with Crippen molar-refractivity contribution in [3.63, 3.8) is 0 Å². The molecule has 1 aromatic heterocycles. The third kappa shape index (κ3) is 2.38. The van der Waals surface area contributed by atoms with E-state index in [1.54, 1.807) is 28.6 Å². The molecular weight excluding hydrogens is 303 g/mol. The van der Waals surface area contributed by atoms with E-state index >= 15 is 0 Å². The van der Waals surface area contributed by atoms with E-state index in [9.17, 15) is 0 Å². The van der Waals surface area contributed by atoms with Crippen molar-refractivity contribution in [2.45, 2.75) is 18.5 Å². The summed E-state index contributed by atoms with van der Waals surface area (Å²) in [5, 5.41) is 14.7. The molecule has 0 amide bonds. The largest absolute Gasteiger partial charge is 0.212 e. The first-order valence-corrected chi connectivity index (χ1v) is 7.53. The normalized spacial score (nSPS) is 14.2. The van der Waals surface area contributed by atoms with E-state index in [0.29, 0.717) is 15.9 Å². The maximum Gasteiger partial charge on any atom is 0.212 e. The topological polar surface area (TPSA) is 43.1 Å². The van der Waals surface area contributed by atoms with Crippen LogP contribution < -0.4 is 0 Å². The third-order valence-electron chi connectivity index (χ3n) is 2.81. The van der Waals surface area contributed by atoms with Crippen LogP contribution in [0.5, 0.6) is 0 Å². The van der Waals surface area contributed by atoms with Gasteiger partial charge in [-0.15, -0.1) is 10.2 Å². The highest BCUT2D eigenvalue weighted by molar-refractivity contribution is 7.99. The second-order valence-corrected chi connectivity index (χ2v) is 5.81. The highest BCUT2D eigenvalue weighted by Gasteiger charge is 2.19. The summed E-state index contributed by atoms with van der Waals surface area (Å²) in [7, 11) is 0. The van der Waals surface area contributed by atoms with Crippen LogP contribution in [0.25, 0.3) is 11.4 Å². The summed E-state index contributed by atoms with van der Waals surface area (Å²) >= 11 is 13.6. The Labute approximate surface area is 124 Å². The molecule has 0 aliphatic carbocycles. The Morgan fingerprint density at radius 1 is 1.26 bits per heavy atom. The van der Waals surface area contributed by atoms with Crippen molar-refractivity contribution in [1.82, 2.24) is 14.9 Å². The van der Waals surface area contributed by atoms with Crippen LogP contribution >= 0.6 is 35.0 Å². The van der Waals surface area contributed by atoms with Crippen LogP contribution in [-0.2, 0) is 0 Å². The molecule has 1 aromatic carbocycles. The Balaban J connectivity index is 2.10. The van der Waals surface area contributed by atoms with Crippen molar-refractivity contribution in [3.05, 3.63) is 28.2 Å². The van der Waals surface area contributed by atoms with Gasteiger partial charge < -0.3 is 0 Å². The van der Waals surface area contributed by atoms with Crippen LogP contribution in [0.15, 0.2) is 28.5 Å². The first-order chi connectivity index (χ1) is 9.19. The summed E-state index contributed by atoms with van der Waals surface area (Å²) in [4.78, 5) is 0. The number of rotatable bonds is 2. The third-order valence-corrected chi connectivity index (χ3v) is 4.54. The van der Waals surface area contributed by atoms with Gasteiger partial charge in [0.15, 0.2) is 5.82 Å². The second-order valence-electron chi connectivity index (χ2n) is 4.06. The molecule has 0 saturated carbocycles. The SMILES string of the molecule is CCC1=Nn2c(nnc2-c2ccc(Cl)c(Cl)c2)SC1. The molecule has 2 heterocycles. The highest BCUT2D eigenvalue weighted by atomic mass is 35.5. The molecule has 0 N–H and O–H groups in total. The van der Waals surface area contributed by atoms with E-state index in [1.807, 2.05) is 6.07 Å². The van der Waals surface area contributed by atoms with Crippen LogP contribution in [0.2, 0.25) is 10.0 Å². The van der Waals surface area contributed by atoms with Gasteiger partial charge in [-0.05, 0) is 24.6 Å². The molecule has 3 rings (SSSR count). The van der Waals surface area contributed by atoms with Crippen LogP contribution in [0.4, 0.5) is 0 Å². The lowest BCUT2D eigenvalue weighted by Gasteiger charge is -2.12. The Kier molecular flexibility index (Phi) is 3.52. The van der Waals surface area contributed by atoms with Crippen LogP contribution in [0.3, 0.4) is 0 Å². The van der Waals surface area contributed by atoms with Crippen molar-refractivity contribution < 1.29 is 0 Å². The number of fused-ring (bicyclic) bond motifs is 1. The van der Waals surface area contributed by atoms with E-state index in [0.717, 1.165) is 28.6 Å². The summed E-state index contributed by atoms with van der Waals surface area (Å²) in [5.74, 6) is 1.56. The summed E-state index contributed by atoms with van der Waals surface area (Å²) < 4.78 is 1.77. The van der Waals surface area contributed by atoms with Gasteiger partial charge in [0.2, 0.25) is 5.16 Å². The van der Waals surface area contributed by atoms with Crippen molar-refractivity contribution in [3.8, 4) is 11.4 Å². The van der Waals surface area contributed by atoms with Gasteiger partial charge in [-0.3, -0.25) is 0 Å². The van der Waals surface area contributed by atoms with Crippen LogP contribution in [0.1, 0.15) is 13.3 Å². The molecule has 0 fully saturated rings. The van der Waals surface area contributed by atoms with Gasteiger partial charge >= 0.3 is 0 Å². The van der Waals surface area contributed by atoms with E-state index in [4.69, 9.17) is 23.2 Å². The van der Waals surface area contributed by atoms with Crippen molar-refractivity contribution in [2.75, 3.05) is 5.75 Å². The second kappa shape index (κ2) is 5.15. The lowest BCUT2D eigenvalue weighted by atomic mass is 10.2. The Morgan fingerprint density at radius 2 is 2.11 bits per heavy atom. The van der Waals surface area contributed by atoms with E-state index in [-0.39, 0.29) is 0 Å². The lowest BCUT2D eigenvalue weighted by molar-refractivity contribution is 0.757. The number of halogens is 2. The fourth-order valence-corrected chi connectivity index (χ4v) is 2.96. The molecule has 0 bridgehead atoms. The lowest BCUT2D eigenvalue weighted by Crippen LogP contribution is -2.11. The average Bonchev–Trinajstić information content (AvgIpc) is 2.84. The quantitative estimate of drug-likeness (QED) is 0.842. The molecule has 0 unspecified atom stereocenters. The molecule has 0 saturated heterocycles.